The molecule has 1 heterocycles. The Hall–Kier alpha value is -1.97. The summed E-state index contributed by atoms with van der Waals surface area (Å²) in [6, 6.07) is 10.1. The van der Waals surface area contributed by atoms with Crippen molar-refractivity contribution in [3.8, 4) is 0 Å². The van der Waals surface area contributed by atoms with Gasteiger partial charge < -0.3 is 15.6 Å². The van der Waals surface area contributed by atoms with Crippen molar-refractivity contribution in [1.29, 1.82) is 0 Å². The molecule has 1 aromatic rings. The summed E-state index contributed by atoms with van der Waals surface area (Å²) in [7, 11) is 1.93. The average Bonchev–Trinajstić information content (AvgIpc) is 2.30. The van der Waals surface area contributed by atoms with Crippen molar-refractivity contribution in [1.82, 2.24) is 4.90 Å². The molecular formula is C11H14N4. The molecule has 0 aromatic heterocycles. The lowest BCUT2D eigenvalue weighted by molar-refractivity contribution is 0.643. The van der Waals surface area contributed by atoms with Crippen LogP contribution in [0.25, 0.3) is 0 Å². The van der Waals surface area contributed by atoms with Gasteiger partial charge in [0.15, 0.2) is 0 Å². The Morgan fingerprint density at radius 1 is 1.27 bits per heavy atom. The van der Waals surface area contributed by atoms with Crippen LogP contribution in [0.1, 0.15) is 0 Å². The maximum Gasteiger partial charge on any atom is 0.227 e. The van der Waals surface area contributed by atoms with Crippen molar-refractivity contribution in [3.05, 3.63) is 42.6 Å². The second-order valence-corrected chi connectivity index (χ2v) is 3.37. The lowest BCUT2D eigenvalue weighted by Crippen LogP contribution is -2.44. The van der Waals surface area contributed by atoms with Crippen molar-refractivity contribution in [2.45, 2.75) is 0 Å². The first-order chi connectivity index (χ1) is 7.33. The average molecular weight is 202 g/mol. The molecule has 2 N–H and O–H groups in total. The van der Waals surface area contributed by atoms with Crippen LogP contribution in [0.2, 0.25) is 0 Å². The van der Waals surface area contributed by atoms with E-state index >= 15 is 0 Å². The molecule has 0 amide bonds. The molecular weight excluding hydrogens is 188 g/mol. The van der Waals surface area contributed by atoms with Gasteiger partial charge in [-0.05, 0) is 18.2 Å². The van der Waals surface area contributed by atoms with Crippen molar-refractivity contribution < 1.29 is 0 Å². The van der Waals surface area contributed by atoms with E-state index in [4.69, 9.17) is 5.84 Å². The summed E-state index contributed by atoms with van der Waals surface area (Å²) in [4.78, 5) is 3.95. The second-order valence-electron chi connectivity index (χ2n) is 3.37. The van der Waals surface area contributed by atoms with Gasteiger partial charge in [0.05, 0.1) is 0 Å². The van der Waals surface area contributed by atoms with Crippen LogP contribution in [0.5, 0.6) is 0 Å². The predicted octanol–water partition coefficient (Wildman–Crippen LogP) is 1.18. The third kappa shape index (κ3) is 1.79. The molecule has 1 aliphatic heterocycles. The number of benzene rings is 1. The predicted molar refractivity (Wildman–Crippen MR) is 62.3 cm³/mol. The van der Waals surface area contributed by atoms with Gasteiger partial charge in [-0.2, -0.15) is 0 Å². The Morgan fingerprint density at radius 2 is 2.00 bits per heavy atom. The van der Waals surface area contributed by atoms with E-state index in [9.17, 15) is 0 Å². The van der Waals surface area contributed by atoms with Crippen molar-refractivity contribution >= 4 is 11.6 Å². The van der Waals surface area contributed by atoms with E-state index in [0.717, 1.165) is 18.2 Å². The fraction of sp³-hybridized carbons (Fsp3) is 0.182. The Labute approximate surface area is 89.3 Å². The molecule has 0 fully saturated rings. The van der Waals surface area contributed by atoms with E-state index in [1.165, 1.54) is 0 Å². The highest BCUT2D eigenvalue weighted by molar-refractivity contribution is 5.97. The van der Waals surface area contributed by atoms with E-state index < -0.39 is 0 Å². The maximum atomic E-state index is 5.39. The van der Waals surface area contributed by atoms with E-state index in [0.29, 0.717) is 0 Å². The summed E-state index contributed by atoms with van der Waals surface area (Å²) < 4.78 is 0. The molecule has 0 atom stereocenters. The van der Waals surface area contributed by atoms with Gasteiger partial charge in [-0.25, -0.2) is 0 Å². The Kier molecular flexibility index (Phi) is 2.58. The fourth-order valence-corrected chi connectivity index (χ4v) is 1.64. The van der Waals surface area contributed by atoms with Gasteiger partial charge >= 0.3 is 0 Å². The number of nitrogens with zero attached hydrogens (tertiary/aromatic N) is 3. The quantitative estimate of drug-likeness (QED) is 0.549. The topological polar surface area (TPSA) is 44.9 Å². The molecule has 15 heavy (non-hydrogen) atoms. The molecule has 0 saturated carbocycles. The van der Waals surface area contributed by atoms with Gasteiger partial charge in [-0.15, -0.1) is 5.10 Å². The van der Waals surface area contributed by atoms with E-state index in [-0.39, 0.29) is 0 Å². The molecule has 4 nitrogen and oxygen atoms in total. The van der Waals surface area contributed by atoms with Crippen LogP contribution in [0.15, 0.2) is 47.7 Å². The first-order valence-electron chi connectivity index (χ1n) is 4.83. The van der Waals surface area contributed by atoms with Crippen LogP contribution in [-0.2, 0) is 0 Å². The molecule has 0 spiro atoms. The molecule has 0 aliphatic carbocycles. The first kappa shape index (κ1) is 9.58. The highest BCUT2D eigenvalue weighted by Crippen LogP contribution is 2.17. The molecule has 0 unspecified atom stereocenters. The Balaban J connectivity index is 2.34. The summed E-state index contributed by atoms with van der Waals surface area (Å²) in [5, 5.41) is 3.80. The van der Waals surface area contributed by atoms with Crippen molar-refractivity contribution in [3.63, 3.8) is 0 Å². The van der Waals surface area contributed by atoms with Gasteiger partial charge in [0.25, 0.3) is 0 Å². The SMILES string of the molecule is CN1C=CCN(c2ccccc2)C1=NN. The molecule has 78 valence electrons. The standard InChI is InChI=1S/C11H14N4/c1-14-8-5-9-15(11(14)13-12)10-6-3-2-4-7-10/h2-8H,9,12H2,1H3. The zero-order valence-electron chi connectivity index (χ0n) is 8.67. The van der Waals surface area contributed by atoms with Crippen molar-refractivity contribution in [2.75, 3.05) is 18.5 Å². The number of nitrogens with two attached hydrogens (primary N) is 1. The van der Waals surface area contributed by atoms with Crippen LogP contribution in [0, 0.1) is 0 Å². The van der Waals surface area contributed by atoms with E-state index in [2.05, 4.69) is 16.1 Å². The number of guanidine groups is 1. The highest BCUT2D eigenvalue weighted by atomic mass is 15.4. The number of hydrazone groups is 1. The summed E-state index contributed by atoms with van der Waals surface area (Å²) in [5.74, 6) is 6.15. The Morgan fingerprint density at radius 3 is 2.67 bits per heavy atom. The van der Waals surface area contributed by atoms with E-state index in [1.54, 1.807) is 0 Å². The van der Waals surface area contributed by atoms with E-state index in [1.807, 2.05) is 48.5 Å². The van der Waals surface area contributed by atoms with Gasteiger partial charge in [0.2, 0.25) is 5.96 Å². The minimum atomic E-state index is 0.753. The monoisotopic (exact) mass is 202 g/mol. The Bertz CT molecular complexity index is 383. The van der Waals surface area contributed by atoms with Crippen LogP contribution in [-0.4, -0.2) is 24.5 Å². The van der Waals surface area contributed by atoms with Crippen LogP contribution >= 0.6 is 0 Å². The number of para-hydroxylation sites is 1. The van der Waals surface area contributed by atoms with Gasteiger partial charge in [-0.1, -0.05) is 18.2 Å². The number of hydrogen-bond donors (Lipinski definition) is 1. The van der Waals surface area contributed by atoms with Crippen molar-refractivity contribution in [2.24, 2.45) is 10.9 Å². The van der Waals surface area contributed by atoms with Gasteiger partial charge in [0.1, 0.15) is 0 Å². The molecule has 1 aliphatic rings. The number of anilines is 1. The fourth-order valence-electron chi connectivity index (χ4n) is 1.64. The first-order valence-corrected chi connectivity index (χ1v) is 4.83. The van der Waals surface area contributed by atoms with Gasteiger partial charge in [0, 0.05) is 25.5 Å². The van der Waals surface area contributed by atoms with Gasteiger partial charge in [-0.3, -0.25) is 0 Å². The summed E-state index contributed by atoms with van der Waals surface area (Å²) in [5.41, 5.74) is 1.10. The lowest BCUT2D eigenvalue weighted by atomic mass is 10.2. The zero-order chi connectivity index (χ0) is 10.7. The third-order valence-corrected chi connectivity index (χ3v) is 2.36. The summed E-state index contributed by atoms with van der Waals surface area (Å²) >= 11 is 0. The number of rotatable bonds is 1. The highest BCUT2D eigenvalue weighted by Gasteiger charge is 2.18. The molecule has 1 aromatic carbocycles. The smallest absolute Gasteiger partial charge is 0.227 e. The second kappa shape index (κ2) is 4.04. The number of hydrogen-bond acceptors (Lipinski definition) is 2. The maximum absolute atomic E-state index is 5.39. The summed E-state index contributed by atoms with van der Waals surface area (Å²) in [6.07, 6.45) is 4.03. The van der Waals surface area contributed by atoms with Crippen LogP contribution in [0.4, 0.5) is 5.69 Å². The summed E-state index contributed by atoms with van der Waals surface area (Å²) in [6.45, 7) is 0.796. The zero-order valence-corrected chi connectivity index (χ0v) is 8.67. The molecule has 0 radical (unpaired) electrons. The molecule has 2 rings (SSSR count). The lowest BCUT2D eigenvalue weighted by Gasteiger charge is -2.32. The molecule has 0 saturated heterocycles. The molecule has 0 bridgehead atoms. The van der Waals surface area contributed by atoms with Crippen LogP contribution < -0.4 is 10.7 Å². The molecule has 4 heteroatoms. The normalized spacial score (nSPS) is 18.6. The van der Waals surface area contributed by atoms with Crippen LogP contribution in [0.3, 0.4) is 0 Å². The minimum Gasteiger partial charge on any atom is -0.321 e. The third-order valence-electron chi connectivity index (χ3n) is 2.36. The largest absolute Gasteiger partial charge is 0.321 e. The minimum absolute atomic E-state index is 0.753.